The van der Waals surface area contributed by atoms with Gasteiger partial charge in [-0.1, -0.05) is 6.92 Å². The van der Waals surface area contributed by atoms with Gasteiger partial charge in [-0.3, -0.25) is 4.79 Å². The third-order valence-electron chi connectivity index (χ3n) is 3.18. The molecule has 1 aliphatic heterocycles. The number of amides is 1. The van der Waals surface area contributed by atoms with Crippen LogP contribution in [0.1, 0.15) is 23.7 Å². The number of carbonyl (C=O) groups excluding carboxylic acids is 1. The van der Waals surface area contributed by atoms with Crippen LogP contribution in [-0.4, -0.2) is 46.8 Å². The summed E-state index contributed by atoms with van der Waals surface area (Å²) in [5.41, 5.74) is 0.380. The van der Waals surface area contributed by atoms with Crippen molar-refractivity contribution in [3.05, 3.63) is 23.8 Å². The van der Waals surface area contributed by atoms with E-state index in [0.29, 0.717) is 25.3 Å². The molecule has 1 amide bonds. The van der Waals surface area contributed by atoms with E-state index in [1.165, 1.54) is 18.2 Å². The first-order valence-electron chi connectivity index (χ1n) is 6.04. The summed E-state index contributed by atoms with van der Waals surface area (Å²) in [6.07, 6.45) is 0.829. The number of ether oxygens (including phenoxy) is 1. The van der Waals surface area contributed by atoms with E-state index in [9.17, 15) is 15.0 Å². The van der Waals surface area contributed by atoms with Crippen LogP contribution < -0.4 is 0 Å². The average Bonchev–Trinajstić information content (AvgIpc) is 2.41. The molecule has 1 aliphatic rings. The highest BCUT2D eigenvalue weighted by Crippen LogP contribution is 2.26. The molecule has 98 valence electrons. The van der Waals surface area contributed by atoms with Gasteiger partial charge >= 0.3 is 0 Å². The van der Waals surface area contributed by atoms with Crippen LogP contribution in [-0.2, 0) is 4.74 Å². The summed E-state index contributed by atoms with van der Waals surface area (Å²) >= 11 is 0. The Bertz CT molecular complexity index is 447. The van der Waals surface area contributed by atoms with Gasteiger partial charge < -0.3 is 19.8 Å². The van der Waals surface area contributed by atoms with Crippen molar-refractivity contribution in [1.29, 1.82) is 0 Å². The van der Waals surface area contributed by atoms with E-state index in [0.717, 1.165) is 6.42 Å². The average molecular weight is 251 g/mol. The second-order valence-corrected chi connectivity index (χ2v) is 4.34. The first-order chi connectivity index (χ1) is 8.63. The molecule has 5 nitrogen and oxygen atoms in total. The quantitative estimate of drug-likeness (QED) is 0.778. The van der Waals surface area contributed by atoms with E-state index >= 15 is 0 Å². The minimum absolute atomic E-state index is 0.0715. The van der Waals surface area contributed by atoms with Gasteiger partial charge in [-0.05, 0) is 24.6 Å². The number of phenols is 2. The van der Waals surface area contributed by atoms with Crippen LogP contribution in [0.15, 0.2) is 18.2 Å². The van der Waals surface area contributed by atoms with Crippen LogP contribution in [0.4, 0.5) is 0 Å². The maximum Gasteiger partial charge on any atom is 0.254 e. The number of hydrogen-bond donors (Lipinski definition) is 2. The maximum absolute atomic E-state index is 12.3. The molecular formula is C13H17NO4. The summed E-state index contributed by atoms with van der Waals surface area (Å²) in [5, 5.41) is 18.7. The fourth-order valence-corrected chi connectivity index (χ4v) is 2.08. The topological polar surface area (TPSA) is 70.0 Å². The lowest BCUT2D eigenvalue weighted by Gasteiger charge is -2.35. The Morgan fingerprint density at radius 2 is 2.22 bits per heavy atom. The predicted molar refractivity (Wildman–Crippen MR) is 65.7 cm³/mol. The van der Waals surface area contributed by atoms with E-state index in [-0.39, 0.29) is 23.4 Å². The van der Waals surface area contributed by atoms with E-state index < -0.39 is 0 Å². The number of hydrogen-bond acceptors (Lipinski definition) is 4. The van der Waals surface area contributed by atoms with Crippen molar-refractivity contribution in [3.63, 3.8) is 0 Å². The van der Waals surface area contributed by atoms with Crippen molar-refractivity contribution in [3.8, 4) is 11.5 Å². The van der Waals surface area contributed by atoms with Gasteiger partial charge in [-0.25, -0.2) is 0 Å². The van der Waals surface area contributed by atoms with Crippen LogP contribution in [0.2, 0.25) is 0 Å². The molecule has 1 aromatic carbocycles. The molecule has 1 unspecified atom stereocenters. The molecule has 1 fully saturated rings. The zero-order valence-corrected chi connectivity index (χ0v) is 10.3. The van der Waals surface area contributed by atoms with E-state index in [2.05, 4.69) is 0 Å². The molecule has 5 heteroatoms. The summed E-state index contributed by atoms with van der Waals surface area (Å²) < 4.78 is 5.35. The van der Waals surface area contributed by atoms with Crippen LogP contribution in [0.25, 0.3) is 0 Å². The number of rotatable bonds is 2. The van der Waals surface area contributed by atoms with Gasteiger partial charge in [0, 0.05) is 12.1 Å². The Kier molecular flexibility index (Phi) is 3.72. The third kappa shape index (κ3) is 2.41. The predicted octanol–water partition coefficient (Wildman–Crippen LogP) is 1.35. The summed E-state index contributed by atoms with van der Waals surface area (Å²) in [4.78, 5) is 14.1. The van der Waals surface area contributed by atoms with Gasteiger partial charge in [0.05, 0.1) is 19.3 Å². The normalized spacial score (nSPS) is 19.8. The smallest absolute Gasteiger partial charge is 0.254 e. The molecule has 1 heterocycles. The number of morpholine rings is 1. The van der Waals surface area contributed by atoms with Gasteiger partial charge in [0.2, 0.25) is 0 Å². The monoisotopic (exact) mass is 251 g/mol. The molecule has 1 saturated heterocycles. The minimum atomic E-state index is -0.276. The molecule has 2 rings (SSSR count). The Hall–Kier alpha value is -1.75. The summed E-state index contributed by atoms with van der Waals surface area (Å²) in [6, 6.07) is 4.20. The largest absolute Gasteiger partial charge is 0.504 e. The van der Waals surface area contributed by atoms with Crippen molar-refractivity contribution >= 4 is 5.91 Å². The Labute approximate surface area is 106 Å². The van der Waals surface area contributed by atoms with Crippen LogP contribution in [0.5, 0.6) is 11.5 Å². The number of phenolic OH excluding ortho intramolecular Hbond substituents is 2. The second-order valence-electron chi connectivity index (χ2n) is 4.34. The highest BCUT2D eigenvalue weighted by molar-refractivity contribution is 5.95. The molecule has 0 bridgehead atoms. The fourth-order valence-electron chi connectivity index (χ4n) is 2.08. The zero-order valence-electron chi connectivity index (χ0n) is 10.3. The van der Waals surface area contributed by atoms with Gasteiger partial charge in [0.1, 0.15) is 0 Å². The second kappa shape index (κ2) is 5.27. The van der Waals surface area contributed by atoms with Crippen molar-refractivity contribution in [2.45, 2.75) is 19.4 Å². The molecule has 2 N–H and O–H groups in total. The SMILES string of the molecule is CCC1COCCN1C(=O)c1ccc(O)c(O)c1. The maximum atomic E-state index is 12.3. The standard InChI is InChI=1S/C13H17NO4/c1-2-10-8-18-6-5-14(10)13(17)9-3-4-11(15)12(16)7-9/h3-4,7,10,15-16H,2,5-6,8H2,1H3. The first-order valence-corrected chi connectivity index (χ1v) is 6.04. The Morgan fingerprint density at radius 3 is 2.89 bits per heavy atom. The lowest BCUT2D eigenvalue weighted by Crippen LogP contribution is -2.48. The number of nitrogens with zero attached hydrogens (tertiary/aromatic N) is 1. The van der Waals surface area contributed by atoms with Crippen LogP contribution >= 0.6 is 0 Å². The van der Waals surface area contributed by atoms with E-state index in [1.54, 1.807) is 4.90 Å². The minimum Gasteiger partial charge on any atom is -0.504 e. The lowest BCUT2D eigenvalue weighted by atomic mass is 10.1. The molecule has 0 aliphatic carbocycles. The van der Waals surface area contributed by atoms with Crippen molar-refractivity contribution in [1.82, 2.24) is 4.90 Å². The zero-order chi connectivity index (χ0) is 13.1. The molecule has 0 radical (unpaired) electrons. The summed E-state index contributed by atoms with van der Waals surface area (Å²) in [5.74, 6) is -0.636. The Morgan fingerprint density at radius 1 is 1.44 bits per heavy atom. The highest BCUT2D eigenvalue weighted by atomic mass is 16.5. The lowest BCUT2D eigenvalue weighted by molar-refractivity contribution is -0.00281. The van der Waals surface area contributed by atoms with E-state index in [1.807, 2.05) is 6.92 Å². The molecule has 1 aromatic rings. The number of aromatic hydroxyl groups is 2. The van der Waals surface area contributed by atoms with Crippen LogP contribution in [0.3, 0.4) is 0 Å². The molecule has 1 atom stereocenters. The van der Waals surface area contributed by atoms with E-state index in [4.69, 9.17) is 4.74 Å². The van der Waals surface area contributed by atoms with Crippen molar-refractivity contribution in [2.75, 3.05) is 19.8 Å². The van der Waals surface area contributed by atoms with Gasteiger partial charge in [0.25, 0.3) is 5.91 Å². The van der Waals surface area contributed by atoms with Crippen molar-refractivity contribution in [2.24, 2.45) is 0 Å². The van der Waals surface area contributed by atoms with Gasteiger partial charge in [0.15, 0.2) is 11.5 Å². The molecule has 0 saturated carbocycles. The molecule has 0 spiro atoms. The third-order valence-corrected chi connectivity index (χ3v) is 3.18. The molecular weight excluding hydrogens is 234 g/mol. The Balaban J connectivity index is 2.21. The first kappa shape index (κ1) is 12.7. The highest BCUT2D eigenvalue weighted by Gasteiger charge is 2.27. The van der Waals surface area contributed by atoms with Crippen molar-refractivity contribution < 1.29 is 19.7 Å². The number of carbonyl (C=O) groups is 1. The molecule has 0 aromatic heterocycles. The fraction of sp³-hybridized carbons (Fsp3) is 0.462. The summed E-state index contributed by atoms with van der Waals surface area (Å²) in [7, 11) is 0. The van der Waals surface area contributed by atoms with Gasteiger partial charge in [-0.2, -0.15) is 0 Å². The van der Waals surface area contributed by atoms with Crippen LogP contribution in [0, 0.1) is 0 Å². The summed E-state index contributed by atoms with van der Waals surface area (Å²) in [6.45, 7) is 3.64. The number of benzene rings is 1. The molecule has 18 heavy (non-hydrogen) atoms. The van der Waals surface area contributed by atoms with Gasteiger partial charge in [-0.15, -0.1) is 0 Å².